The molecular formula is C14H19N. The Morgan fingerprint density at radius 2 is 2.00 bits per heavy atom. The van der Waals surface area contributed by atoms with Crippen LogP contribution in [-0.2, 0) is 5.41 Å². The summed E-state index contributed by atoms with van der Waals surface area (Å²) >= 11 is 0. The second-order valence-electron chi connectivity index (χ2n) is 4.60. The SMILES string of the molecule is C=C1N(C)c2ccccc2[C@@]1(C)CCC. The van der Waals surface area contributed by atoms with E-state index in [9.17, 15) is 0 Å². The fourth-order valence-corrected chi connectivity index (χ4v) is 2.68. The highest BCUT2D eigenvalue weighted by Gasteiger charge is 2.39. The number of fused-ring (bicyclic) bond motifs is 1. The third-order valence-electron chi connectivity index (χ3n) is 3.65. The molecule has 1 aliphatic heterocycles. The molecule has 0 aromatic heterocycles. The van der Waals surface area contributed by atoms with Gasteiger partial charge in [0.25, 0.3) is 0 Å². The Labute approximate surface area is 92.4 Å². The van der Waals surface area contributed by atoms with Gasteiger partial charge in [-0.1, -0.05) is 38.1 Å². The number of benzene rings is 1. The largest absolute Gasteiger partial charge is 0.348 e. The monoisotopic (exact) mass is 201 g/mol. The average Bonchev–Trinajstić information content (AvgIpc) is 2.43. The van der Waals surface area contributed by atoms with Gasteiger partial charge in [-0.05, 0) is 25.0 Å². The molecule has 1 aromatic carbocycles. The van der Waals surface area contributed by atoms with Crippen LogP contribution in [-0.4, -0.2) is 7.05 Å². The fourth-order valence-electron chi connectivity index (χ4n) is 2.68. The van der Waals surface area contributed by atoms with Crippen molar-refractivity contribution in [2.45, 2.75) is 32.1 Å². The molecule has 1 heterocycles. The second-order valence-corrected chi connectivity index (χ2v) is 4.60. The Hall–Kier alpha value is -1.24. The fraction of sp³-hybridized carbons (Fsp3) is 0.429. The van der Waals surface area contributed by atoms with E-state index in [0.29, 0.717) is 0 Å². The molecule has 0 N–H and O–H groups in total. The summed E-state index contributed by atoms with van der Waals surface area (Å²) in [4.78, 5) is 2.23. The molecule has 0 radical (unpaired) electrons. The number of hydrogen-bond donors (Lipinski definition) is 0. The predicted octanol–water partition coefficient (Wildman–Crippen LogP) is 3.71. The Balaban J connectivity index is 2.55. The van der Waals surface area contributed by atoms with E-state index in [-0.39, 0.29) is 5.41 Å². The summed E-state index contributed by atoms with van der Waals surface area (Å²) in [6.07, 6.45) is 2.37. The van der Waals surface area contributed by atoms with E-state index in [4.69, 9.17) is 0 Å². The molecule has 0 saturated heterocycles. The smallest absolute Gasteiger partial charge is 0.0447 e. The van der Waals surface area contributed by atoms with Gasteiger partial charge in [-0.3, -0.25) is 0 Å². The molecule has 1 aliphatic rings. The van der Waals surface area contributed by atoms with Crippen molar-refractivity contribution in [2.75, 3.05) is 11.9 Å². The summed E-state index contributed by atoms with van der Waals surface area (Å²) in [5, 5.41) is 0. The van der Waals surface area contributed by atoms with Crippen LogP contribution < -0.4 is 4.90 Å². The summed E-state index contributed by atoms with van der Waals surface area (Å²) < 4.78 is 0. The normalized spacial score (nSPS) is 24.5. The first-order chi connectivity index (χ1) is 7.11. The maximum Gasteiger partial charge on any atom is 0.0447 e. The topological polar surface area (TPSA) is 3.24 Å². The van der Waals surface area contributed by atoms with Gasteiger partial charge in [0.2, 0.25) is 0 Å². The van der Waals surface area contributed by atoms with Crippen molar-refractivity contribution in [3.63, 3.8) is 0 Å². The van der Waals surface area contributed by atoms with Crippen molar-refractivity contribution >= 4 is 5.69 Å². The molecule has 1 heteroatoms. The zero-order valence-electron chi connectivity index (χ0n) is 9.88. The van der Waals surface area contributed by atoms with E-state index < -0.39 is 0 Å². The van der Waals surface area contributed by atoms with Crippen molar-refractivity contribution in [2.24, 2.45) is 0 Å². The number of rotatable bonds is 2. The Kier molecular flexibility index (Phi) is 2.34. The van der Waals surface area contributed by atoms with E-state index in [1.165, 1.54) is 29.8 Å². The zero-order chi connectivity index (χ0) is 11.1. The van der Waals surface area contributed by atoms with E-state index >= 15 is 0 Å². The molecule has 0 fully saturated rings. The van der Waals surface area contributed by atoms with Gasteiger partial charge in [-0.2, -0.15) is 0 Å². The molecule has 0 saturated carbocycles. The Morgan fingerprint density at radius 1 is 1.33 bits per heavy atom. The summed E-state index contributed by atoms with van der Waals surface area (Å²) in [6.45, 7) is 8.79. The van der Waals surface area contributed by atoms with E-state index in [1.54, 1.807) is 0 Å². The number of allylic oxidation sites excluding steroid dienone is 1. The minimum Gasteiger partial charge on any atom is -0.348 e. The maximum absolute atomic E-state index is 4.25. The van der Waals surface area contributed by atoms with Crippen molar-refractivity contribution in [3.05, 3.63) is 42.1 Å². The van der Waals surface area contributed by atoms with Gasteiger partial charge in [-0.15, -0.1) is 0 Å². The third kappa shape index (κ3) is 1.30. The molecule has 1 aromatic rings. The predicted molar refractivity (Wildman–Crippen MR) is 66.2 cm³/mol. The van der Waals surface area contributed by atoms with Crippen LogP contribution in [0.25, 0.3) is 0 Å². The standard InChI is InChI=1S/C14H19N/c1-5-10-14(3)11(2)15(4)13-9-7-6-8-12(13)14/h6-9H,2,5,10H2,1,3-4H3/t14-/m0/s1. The van der Waals surface area contributed by atoms with Gasteiger partial charge in [0.1, 0.15) is 0 Å². The van der Waals surface area contributed by atoms with Crippen molar-refractivity contribution in [1.82, 2.24) is 0 Å². The number of para-hydroxylation sites is 1. The van der Waals surface area contributed by atoms with Crippen molar-refractivity contribution in [3.8, 4) is 0 Å². The zero-order valence-corrected chi connectivity index (χ0v) is 9.88. The van der Waals surface area contributed by atoms with Crippen LogP contribution in [0.1, 0.15) is 32.3 Å². The molecule has 0 unspecified atom stereocenters. The highest BCUT2D eigenvalue weighted by atomic mass is 15.2. The summed E-state index contributed by atoms with van der Waals surface area (Å²) in [7, 11) is 2.11. The average molecular weight is 201 g/mol. The van der Waals surface area contributed by atoms with E-state index in [0.717, 1.165) is 0 Å². The van der Waals surface area contributed by atoms with Crippen molar-refractivity contribution in [1.29, 1.82) is 0 Å². The molecular weight excluding hydrogens is 182 g/mol. The van der Waals surface area contributed by atoms with Crippen LogP contribution in [0, 0.1) is 0 Å². The van der Waals surface area contributed by atoms with Gasteiger partial charge in [-0.25, -0.2) is 0 Å². The number of anilines is 1. The summed E-state index contributed by atoms with van der Waals surface area (Å²) in [5.41, 5.74) is 4.11. The van der Waals surface area contributed by atoms with Crippen molar-refractivity contribution < 1.29 is 0 Å². The highest BCUT2D eigenvalue weighted by Crippen LogP contribution is 2.48. The molecule has 0 spiro atoms. The van der Waals surface area contributed by atoms with Crippen LogP contribution in [0.4, 0.5) is 5.69 Å². The van der Waals surface area contributed by atoms with Crippen LogP contribution in [0.3, 0.4) is 0 Å². The maximum atomic E-state index is 4.25. The van der Waals surface area contributed by atoms with E-state index in [2.05, 4.69) is 56.6 Å². The lowest BCUT2D eigenvalue weighted by atomic mass is 9.78. The molecule has 0 bridgehead atoms. The van der Waals surface area contributed by atoms with Gasteiger partial charge in [0.15, 0.2) is 0 Å². The first-order valence-corrected chi connectivity index (χ1v) is 5.64. The molecule has 15 heavy (non-hydrogen) atoms. The lowest BCUT2D eigenvalue weighted by Crippen LogP contribution is -2.25. The molecule has 1 atom stereocenters. The Morgan fingerprint density at radius 3 is 2.67 bits per heavy atom. The van der Waals surface area contributed by atoms with Crippen LogP contribution in [0.5, 0.6) is 0 Å². The second kappa shape index (κ2) is 3.41. The van der Waals surface area contributed by atoms with Gasteiger partial charge in [0, 0.05) is 23.8 Å². The Bertz CT molecular complexity index is 394. The minimum absolute atomic E-state index is 0.139. The minimum atomic E-state index is 0.139. The lowest BCUT2D eigenvalue weighted by molar-refractivity contribution is 0.514. The third-order valence-corrected chi connectivity index (χ3v) is 3.65. The van der Waals surface area contributed by atoms with Gasteiger partial charge >= 0.3 is 0 Å². The van der Waals surface area contributed by atoms with Gasteiger partial charge < -0.3 is 4.90 Å². The number of hydrogen-bond acceptors (Lipinski definition) is 1. The molecule has 0 amide bonds. The van der Waals surface area contributed by atoms with Gasteiger partial charge in [0.05, 0.1) is 0 Å². The van der Waals surface area contributed by atoms with Crippen LogP contribution in [0.2, 0.25) is 0 Å². The molecule has 80 valence electrons. The molecule has 2 rings (SSSR count). The highest BCUT2D eigenvalue weighted by molar-refractivity contribution is 5.69. The lowest BCUT2D eigenvalue weighted by Gasteiger charge is -2.27. The van der Waals surface area contributed by atoms with Crippen LogP contribution >= 0.6 is 0 Å². The molecule has 0 aliphatic carbocycles. The summed E-state index contributed by atoms with van der Waals surface area (Å²) in [5.74, 6) is 0. The summed E-state index contributed by atoms with van der Waals surface area (Å²) in [6, 6.07) is 8.64. The first-order valence-electron chi connectivity index (χ1n) is 5.64. The number of nitrogens with zero attached hydrogens (tertiary/aromatic N) is 1. The van der Waals surface area contributed by atoms with Crippen LogP contribution in [0.15, 0.2) is 36.5 Å². The van der Waals surface area contributed by atoms with E-state index in [1.807, 2.05) is 0 Å². The quantitative estimate of drug-likeness (QED) is 0.705. The first kappa shape index (κ1) is 10.3. The molecule has 1 nitrogen and oxygen atoms in total. The number of likely N-dealkylation sites (N-methyl/N-ethyl adjacent to an activating group) is 1.